The largest absolute Gasteiger partial charge is 0.342 e. The molecular formula is C15H16Cl2N2O. The van der Waals surface area contributed by atoms with E-state index in [1.165, 1.54) is 0 Å². The van der Waals surface area contributed by atoms with E-state index in [4.69, 9.17) is 23.2 Å². The monoisotopic (exact) mass is 310 g/mol. The molecule has 2 unspecified atom stereocenters. The third-order valence-corrected chi connectivity index (χ3v) is 3.88. The molecule has 1 aromatic carbocycles. The summed E-state index contributed by atoms with van der Waals surface area (Å²) in [6.07, 6.45) is 0.888. The number of hydrogen-bond acceptors (Lipinski definition) is 2. The summed E-state index contributed by atoms with van der Waals surface area (Å²) in [6.45, 7) is 3.52. The van der Waals surface area contributed by atoms with E-state index in [-0.39, 0.29) is 17.9 Å². The number of benzene rings is 1. The molecule has 2 atom stereocenters. The highest BCUT2D eigenvalue weighted by atomic mass is 35.5. The Morgan fingerprint density at radius 2 is 2.25 bits per heavy atom. The number of nitrogens with one attached hydrogen (secondary N) is 2. The summed E-state index contributed by atoms with van der Waals surface area (Å²) in [5, 5.41) is 7.06. The van der Waals surface area contributed by atoms with Crippen molar-refractivity contribution in [1.82, 2.24) is 10.6 Å². The Bertz CT molecular complexity index is 557. The zero-order valence-electron chi connectivity index (χ0n) is 11.2. The lowest BCUT2D eigenvalue weighted by Gasteiger charge is -2.11. The molecule has 1 amide bonds. The predicted molar refractivity (Wildman–Crippen MR) is 81.9 cm³/mol. The highest BCUT2D eigenvalue weighted by Gasteiger charge is 2.22. The normalized spacial score (nSPS) is 19.1. The molecule has 0 aromatic heterocycles. The van der Waals surface area contributed by atoms with Gasteiger partial charge in [0.1, 0.15) is 0 Å². The minimum Gasteiger partial charge on any atom is -0.342 e. The van der Waals surface area contributed by atoms with E-state index in [1.54, 1.807) is 18.2 Å². The number of halogens is 2. The number of amides is 1. The van der Waals surface area contributed by atoms with Crippen LogP contribution in [0, 0.1) is 17.8 Å². The van der Waals surface area contributed by atoms with Crippen LogP contribution >= 0.6 is 23.2 Å². The second-order valence-corrected chi connectivity index (χ2v) is 5.63. The molecule has 106 valence electrons. The molecule has 0 spiro atoms. The summed E-state index contributed by atoms with van der Waals surface area (Å²) < 4.78 is 0. The maximum atomic E-state index is 11.9. The Balaban J connectivity index is 1.93. The lowest BCUT2D eigenvalue weighted by atomic mass is 10.1. The summed E-state index contributed by atoms with van der Waals surface area (Å²) in [4.78, 5) is 11.9. The number of carbonyl (C=O) groups is 1. The van der Waals surface area contributed by atoms with E-state index in [0.717, 1.165) is 25.1 Å². The number of rotatable bonds is 2. The van der Waals surface area contributed by atoms with Crippen LogP contribution in [0.25, 0.3) is 0 Å². The molecule has 1 aliphatic rings. The van der Waals surface area contributed by atoms with Gasteiger partial charge in [0.2, 0.25) is 5.91 Å². The zero-order chi connectivity index (χ0) is 14.5. The summed E-state index contributed by atoms with van der Waals surface area (Å²) in [5.41, 5.74) is 0.781. The van der Waals surface area contributed by atoms with Gasteiger partial charge in [0, 0.05) is 12.1 Å². The third kappa shape index (κ3) is 4.14. The van der Waals surface area contributed by atoms with Crippen molar-refractivity contribution in [3.05, 3.63) is 33.8 Å². The van der Waals surface area contributed by atoms with Crippen molar-refractivity contribution >= 4 is 29.1 Å². The van der Waals surface area contributed by atoms with E-state index in [9.17, 15) is 4.79 Å². The van der Waals surface area contributed by atoms with Crippen LogP contribution in [0.1, 0.15) is 18.9 Å². The molecule has 0 radical (unpaired) electrons. The Hall–Kier alpha value is -1.21. The first kappa shape index (κ1) is 15.2. The quantitative estimate of drug-likeness (QED) is 0.824. The SMILES string of the molecule is CC(C#Cc1ccc(Cl)c(Cl)c1)NC(=O)C1CCNC1. The van der Waals surface area contributed by atoms with Crippen molar-refractivity contribution in [2.24, 2.45) is 5.92 Å². The summed E-state index contributed by atoms with van der Waals surface area (Å²) in [6, 6.07) is 5.03. The fourth-order valence-corrected chi connectivity index (χ4v) is 2.31. The smallest absolute Gasteiger partial charge is 0.225 e. The van der Waals surface area contributed by atoms with Crippen LogP contribution < -0.4 is 10.6 Å². The average Bonchev–Trinajstić information content (AvgIpc) is 2.94. The Labute approximate surface area is 129 Å². The lowest BCUT2D eigenvalue weighted by Crippen LogP contribution is -2.37. The minimum atomic E-state index is -0.197. The molecular weight excluding hydrogens is 295 g/mol. The van der Waals surface area contributed by atoms with Gasteiger partial charge in [0.15, 0.2) is 0 Å². The van der Waals surface area contributed by atoms with E-state index in [1.807, 2.05) is 6.92 Å². The van der Waals surface area contributed by atoms with Gasteiger partial charge in [-0.05, 0) is 38.1 Å². The van der Waals surface area contributed by atoms with Crippen molar-refractivity contribution in [3.63, 3.8) is 0 Å². The van der Waals surface area contributed by atoms with Gasteiger partial charge >= 0.3 is 0 Å². The molecule has 0 bridgehead atoms. The van der Waals surface area contributed by atoms with Crippen molar-refractivity contribution in [1.29, 1.82) is 0 Å². The van der Waals surface area contributed by atoms with Crippen molar-refractivity contribution in [3.8, 4) is 11.8 Å². The van der Waals surface area contributed by atoms with Gasteiger partial charge in [-0.3, -0.25) is 4.79 Å². The molecule has 2 rings (SSSR count). The Morgan fingerprint density at radius 1 is 1.45 bits per heavy atom. The van der Waals surface area contributed by atoms with E-state index >= 15 is 0 Å². The highest BCUT2D eigenvalue weighted by molar-refractivity contribution is 6.42. The summed E-state index contributed by atoms with van der Waals surface area (Å²) in [5.74, 6) is 6.10. The van der Waals surface area contributed by atoms with Crippen LogP contribution in [0.5, 0.6) is 0 Å². The highest BCUT2D eigenvalue weighted by Crippen LogP contribution is 2.22. The van der Waals surface area contributed by atoms with E-state index in [0.29, 0.717) is 10.0 Å². The fourth-order valence-electron chi connectivity index (χ4n) is 2.01. The van der Waals surface area contributed by atoms with Crippen molar-refractivity contribution in [2.75, 3.05) is 13.1 Å². The Kier molecular flexibility index (Phi) is 5.31. The molecule has 0 saturated carbocycles. The Morgan fingerprint density at radius 3 is 2.90 bits per heavy atom. The van der Waals surface area contributed by atoms with Crippen LogP contribution in [0.3, 0.4) is 0 Å². The predicted octanol–water partition coefficient (Wildman–Crippen LogP) is 2.46. The average molecular weight is 311 g/mol. The molecule has 1 fully saturated rings. The standard InChI is InChI=1S/C15H16Cl2N2O/c1-10(19-15(20)12-6-7-18-9-12)2-3-11-4-5-13(16)14(17)8-11/h4-5,8,10,12,18H,6-7,9H2,1H3,(H,19,20). The molecule has 20 heavy (non-hydrogen) atoms. The van der Waals surface area contributed by atoms with Crippen LogP contribution in [-0.2, 0) is 4.79 Å². The summed E-state index contributed by atoms with van der Waals surface area (Å²) >= 11 is 11.8. The van der Waals surface area contributed by atoms with Crippen molar-refractivity contribution in [2.45, 2.75) is 19.4 Å². The van der Waals surface area contributed by atoms with Gasteiger partial charge in [-0.1, -0.05) is 35.0 Å². The molecule has 1 saturated heterocycles. The van der Waals surface area contributed by atoms with Crippen LogP contribution in [-0.4, -0.2) is 25.0 Å². The minimum absolute atomic E-state index is 0.0595. The van der Waals surface area contributed by atoms with Crippen LogP contribution in [0.4, 0.5) is 0 Å². The number of hydrogen-bond donors (Lipinski definition) is 2. The first-order valence-electron chi connectivity index (χ1n) is 6.54. The van der Waals surface area contributed by atoms with Crippen LogP contribution in [0.15, 0.2) is 18.2 Å². The third-order valence-electron chi connectivity index (χ3n) is 3.14. The second-order valence-electron chi connectivity index (χ2n) is 4.82. The molecule has 0 aliphatic carbocycles. The fraction of sp³-hybridized carbons (Fsp3) is 0.400. The molecule has 1 heterocycles. The number of carbonyl (C=O) groups excluding carboxylic acids is 1. The van der Waals surface area contributed by atoms with E-state index in [2.05, 4.69) is 22.5 Å². The maximum absolute atomic E-state index is 11.9. The molecule has 5 heteroatoms. The topological polar surface area (TPSA) is 41.1 Å². The molecule has 2 N–H and O–H groups in total. The summed E-state index contributed by atoms with van der Waals surface area (Å²) in [7, 11) is 0. The zero-order valence-corrected chi connectivity index (χ0v) is 12.7. The van der Waals surface area contributed by atoms with Gasteiger partial charge in [0.05, 0.1) is 22.0 Å². The molecule has 1 aromatic rings. The van der Waals surface area contributed by atoms with Gasteiger partial charge in [0.25, 0.3) is 0 Å². The van der Waals surface area contributed by atoms with Crippen LogP contribution in [0.2, 0.25) is 10.0 Å². The van der Waals surface area contributed by atoms with Gasteiger partial charge in [-0.15, -0.1) is 0 Å². The van der Waals surface area contributed by atoms with Gasteiger partial charge < -0.3 is 10.6 Å². The lowest BCUT2D eigenvalue weighted by molar-refractivity contribution is -0.124. The van der Waals surface area contributed by atoms with Gasteiger partial charge in [-0.25, -0.2) is 0 Å². The first-order chi connectivity index (χ1) is 9.56. The second kappa shape index (κ2) is 6.99. The molecule has 3 nitrogen and oxygen atoms in total. The van der Waals surface area contributed by atoms with E-state index < -0.39 is 0 Å². The first-order valence-corrected chi connectivity index (χ1v) is 7.29. The maximum Gasteiger partial charge on any atom is 0.225 e. The molecule has 1 aliphatic heterocycles. The van der Waals surface area contributed by atoms with Crippen molar-refractivity contribution < 1.29 is 4.79 Å². The van der Waals surface area contributed by atoms with Gasteiger partial charge in [-0.2, -0.15) is 0 Å².